The molecule has 134 valence electrons. The Morgan fingerprint density at radius 1 is 1.12 bits per heavy atom. The molecule has 2 aromatic heterocycles. The van der Waals surface area contributed by atoms with E-state index in [1.807, 2.05) is 29.7 Å². The van der Waals surface area contributed by atoms with E-state index in [0.717, 1.165) is 37.1 Å². The second-order valence-corrected chi connectivity index (χ2v) is 8.43. The van der Waals surface area contributed by atoms with Crippen molar-refractivity contribution in [3.8, 4) is 17.0 Å². The Morgan fingerprint density at radius 3 is 2.73 bits per heavy atom. The molecule has 1 saturated heterocycles. The van der Waals surface area contributed by atoms with Crippen molar-refractivity contribution < 1.29 is 4.74 Å². The van der Waals surface area contributed by atoms with Crippen LogP contribution in [0.15, 0.2) is 48.0 Å². The zero-order valence-corrected chi connectivity index (χ0v) is 15.8. The van der Waals surface area contributed by atoms with Crippen LogP contribution in [0.1, 0.15) is 10.7 Å². The first-order valence-electron chi connectivity index (χ1n) is 9.23. The van der Waals surface area contributed by atoms with Gasteiger partial charge >= 0.3 is 0 Å². The van der Waals surface area contributed by atoms with Crippen molar-refractivity contribution in [2.45, 2.75) is 19.5 Å². The summed E-state index contributed by atoms with van der Waals surface area (Å²) in [6.45, 7) is 4.58. The van der Waals surface area contributed by atoms with Crippen molar-refractivity contribution in [2.24, 2.45) is 11.8 Å². The van der Waals surface area contributed by atoms with Crippen LogP contribution in [-0.2, 0) is 19.5 Å². The van der Waals surface area contributed by atoms with Gasteiger partial charge in [0.15, 0.2) is 0 Å². The molecule has 4 heterocycles. The number of thiophene rings is 1. The zero-order valence-electron chi connectivity index (χ0n) is 15.0. The lowest BCUT2D eigenvalue weighted by Gasteiger charge is -2.27. The molecule has 0 N–H and O–H groups in total. The number of fused-ring (bicyclic) bond motifs is 2. The maximum absolute atomic E-state index is 5.28. The van der Waals surface area contributed by atoms with Crippen LogP contribution in [0.3, 0.4) is 0 Å². The summed E-state index contributed by atoms with van der Waals surface area (Å²) in [7, 11) is 1.71. The Kier molecular flexibility index (Phi) is 4.06. The Labute approximate surface area is 158 Å². The molecule has 2 aliphatic heterocycles. The van der Waals surface area contributed by atoms with Crippen LogP contribution in [0.5, 0.6) is 5.75 Å². The van der Waals surface area contributed by atoms with Gasteiger partial charge in [-0.15, -0.1) is 11.3 Å². The highest BCUT2D eigenvalue weighted by atomic mass is 32.1. The van der Waals surface area contributed by atoms with Crippen LogP contribution >= 0.6 is 11.3 Å². The van der Waals surface area contributed by atoms with E-state index in [2.05, 4.69) is 39.1 Å². The summed E-state index contributed by atoms with van der Waals surface area (Å²) >= 11 is 1.87. The number of likely N-dealkylation sites (tertiary alicyclic amines) is 1. The van der Waals surface area contributed by atoms with Gasteiger partial charge in [-0.05, 0) is 47.5 Å². The monoisotopic (exact) mass is 365 g/mol. The van der Waals surface area contributed by atoms with Gasteiger partial charge in [0.2, 0.25) is 0 Å². The summed E-state index contributed by atoms with van der Waals surface area (Å²) in [5.41, 5.74) is 2.45. The largest absolute Gasteiger partial charge is 0.497 e. The molecule has 2 aliphatic rings. The summed E-state index contributed by atoms with van der Waals surface area (Å²) in [6, 6.07) is 12.7. The quantitative estimate of drug-likeness (QED) is 0.702. The van der Waals surface area contributed by atoms with Crippen molar-refractivity contribution in [3.63, 3.8) is 0 Å². The van der Waals surface area contributed by atoms with Gasteiger partial charge in [0.25, 0.3) is 0 Å². The number of rotatable bonds is 4. The fourth-order valence-corrected chi connectivity index (χ4v) is 5.21. The van der Waals surface area contributed by atoms with Crippen molar-refractivity contribution in [2.75, 3.05) is 20.2 Å². The molecular formula is C21H23N3OS. The standard InChI is InChI=1S/C21H23N3OS/c1-25-18-6-4-15(5-7-18)20-10-22-21-9-16-11-23(12-17(16)13-24(20)21)14-19-3-2-8-26-19/h2-8,10,16-17H,9,11-14H2,1H3/t16-,17-/m0/s1. The molecule has 1 fully saturated rings. The second-order valence-electron chi connectivity index (χ2n) is 7.40. The third kappa shape index (κ3) is 2.85. The Balaban J connectivity index is 1.35. The van der Waals surface area contributed by atoms with Crippen molar-refractivity contribution in [1.29, 1.82) is 0 Å². The minimum absolute atomic E-state index is 0.730. The highest BCUT2D eigenvalue weighted by molar-refractivity contribution is 7.09. The third-order valence-corrected chi connectivity index (χ3v) is 6.66. The smallest absolute Gasteiger partial charge is 0.118 e. The van der Waals surface area contributed by atoms with E-state index in [1.165, 1.54) is 35.0 Å². The summed E-state index contributed by atoms with van der Waals surface area (Å²) in [4.78, 5) is 8.85. The molecule has 0 bridgehead atoms. The predicted octanol–water partition coefficient (Wildman–Crippen LogP) is 3.92. The normalized spacial score (nSPS) is 22.2. The minimum Gasteiger partial charge on any atom is -0.497 e. The molecule has 2 atom stereocenters. The van der Waals surface area contributed by atoms with E-state index in [-0.39, 0.29) is 0 Å². The molecule has 1 aromatic carbocycles. The summed E-state index contributed by atoms with van der Waals surface area (Å²) in [6.07, 6.45) is 3.14. The highest BCUT2D eigenvalue weighted by Crippen LogP contribution is 2.36. The lowest BCUT2D eigenvalue weighted by atomic mass is 9.89. The number of hydrogen-bond acceptors (Lipinski definition) is 4. The van der Waals surface area contributed by atoms with Crippen molar-refractivity contribution in [3.05, 3.63) is 58.7 Å². The summed E-state index contributed by atoms with van der Waals surface area (Å²) in [5, 5.41) is 2.18. The number of benzene rings is 1. The molecule has 26 heavy (non-hydrogen) atoms. The first-order valence-corrected chi connectivity index (χ1v) is 10.1. The molecular weight excluding hydrogens is 342 g/mol. The lowest BCUT2D eigenvalue weighted by Crippen LogP contribution is -2.28. The van der Waals surface area contributed by atoms with E-state index >= 15 is 0 Å². The fourth-order valence-electron chi connectivity index (χ4n) is 4.47. The van der Waals surface area contributed by atoms with Gasteiger partial charge in [0.05, 0.1) is 19.0 Å². The number of imidazole rings is 1. The van der Waals surface area contributed by atoms with Gasteiger partial charge in [-0.3, -0.25) is 4.90 Å². The molecule has 5 rings (SSSR count). The van der Waals surface area contributed by atoms with E-state index in [4.69, 9.17) is 9.72 Å². The van der Waals surface area contributed by atoms with Gasteiger partial charge in [-0.2, -0.15) is 0 Å². The molecule has 0 spiro atoms. The van der Waals surface area contributed by atoms with Gasteiger partial charge in [0, 0.05) is 43.0 Å². The van der Waals surface area contributed by atoms with Crippen molar-refractivity contribution in [1.82, 2.24) is 14.5 Å². The predicted molar refractivity (Wildman–Crippen MR) is 104 cm³/mol. The van der Waals surface area contributed by atoms with Crippen LogP contribution in [-0.4, -0.2) is 34.7 Å². The van der Waals surface area contributed by atoms with Gasteiger partial charge in [-0.1, -0.05) is 6.07 Å². The molecule has 0 aliphatic carbocycles. The van der Waals surface area contributed by atoms with E-state index in [1.54, 1.807) is 7.11 Å². The van der Waals surface area contributed by atoms with E-state index < -0.39 is 0 Å². The number of nitrogens with zero attached hydrogens (tertiary/aromatic N) is 3. The van der Waals surface area contributed by atoms with Crippen LogP contribution in [0.4, 0.5) is 0 Å². The Bertz CT molecular complexity index is 885. The highest BCUT2D eigenvalue weighted by Gasteiger charge is 2.37. The van der Waals surface area contributed by atoms with Gasteiger partial charge < -0.3 is 9.30 Å². The van der Waals surface area contributed by atoms with Crippen LogP contribution < -0.4 is 4.74 Å². The lowest BCUT2D eigenvalue weighted by molar-refractivity contribution is 0.308. The Hall–Kier alpha value is -2.11. The average Bonchev–Trinajstić information content (AvgIpc) is 3.39. The van der Waals surface area contributed by atoms with Crippen LogP contribution in [0, 0.1) is 11.8 Å². The van der Waals surface area contributed by atoms with Crippen LogP contribution in [0.2, 0.25) is 0 Å². The number of aromatic nitrogens is 2. The summed E-state index contributed by atoms with van der Waals surface area (Å²) in [5.74, 6) is 3.62. The molecule has 0 amide bonds. The fraction of sp³-hybridized carbons (Fsp3) is 0.381. The SMILES string of the molecule is COc1ccc(-c2cnc3n2C[C@@H]2CN(Cc4cccs4)C[C@@H]2C3)cc1. The second kappa shape index (κ2) is 6.56. The average molecular weight is 366 g/mol. The molecule has 0 unspecified atom stereocenters. The maximum atomic E-state index is 5.28. The zero-order chi connectivity index (χ0) is 17.5. The first kappa shape index (κ1) is 16.1. The van der Waals surface area contributed by atoms with Gasteiger partial charge in [0.1, 0.15) is 11.6 Å². The van der Waals surface area contributed by atoms with Crippen molar-refractivity contribution >= 4 is 11.3 Å². The van der Waals surface area contributed by atoms with E-state index in [9.17, 15) is 0 Å². The molecule has 4 nitrogen and oxygen atoms in total. The van der Waals surface area contributed by atoms with E-state index in [0.29, 0.717) is 0 Å². The molecule has 3 aromatic rings. The first-order chi connectivity index (χ1) is 12.8. The molecule has 0 saturated carbocycles. The number of hydrogen-bond donors (Lipinski definition) is 0. The molecule has 5 heteroatoms. The number of ether oxygens (including phenoxy) is 1. The van der Waals surface area contributed by atoms with Gasteiger partial charge in [-0.25, -0.2) is 4.98 Å². The van der Waals surface area contributed by atoms with Crippen LogP contribution in [0.25, 0.3) is 11.3 Å². The third-order valence-electron chi connectivity index (χ3n) is 5.80. The topological polar surface area (TPSA) is 30.3 Å². The summed E-state index contributed by atoms with van der Waals surface area (Å²) < 4.78 is 7.73. The number of methoxy groups -OCH3 is 1. The Morgan fingerprint density at radius 2 is 1.96 bits per heavy atom. The minimum atomic E-state index is 0.730. The molecule has 0 radical (unpaired) electrons. The maximum Gasteiger partial charge on any atom is 0.118 e.